The number of halogens is 3. The summed E-state index contributed by atoms with van der Waals surface area (Å²) in [6.45, 7) is -0.457. The Balaban J connectivity index is 1.73. The van der Waals surface area contributed by atoms with Crippen LogP contribution >= 0.6 is 0 Å². The number of nitrogens with zero attached hydrogens (tertiary/aromatic N) is 4. The van der Waals surface area contributed by atoms with E-state index in [1.54, 1.807) is 0 Å². The smallest absolute Gasteiger partial charge is 0.471 e. The highest BCUT2D eigenvalue weighted by molar-refractivity contribution is 5.99. The number of rotatable bonds is 15. The van der Waals surface area contributed by atoms with Gasteiger partial charge in [-0.3, -0.25) is 29.1 Å². The van der Waals surface area contributed by atoms with Crippen molar-refractivity contribution in [2.45, 2.75) is 56.9 Å². The Hall–Kier alpha value is -5.66. The molecular weight excluding hydrogens is 635 g/mol. The van der Waals surface area contributed by atoms with E-state index < -0.39 is 72.9 Å². The highest BCUT2D eigenvalue weighted by Gasteiger charge is 2.43. The number of fused-ring (bicyclic) bond motifs is 1. The lowest BCUT2D eigenvalue weighted by atomic mass is 10.1. The molecule has 47 heavy (non-hydrogen) atoms. The van der Waals surface area contributed by atoms with Crippen molar-refractivity contribution in [1.29, 1.82) is 0 Å². The summed E-state index contributed by atoms with van der Waals surface area (Å²) in [6, 6.07) is 1.28. The number of unbranched alkanes of at least 4 members (excludes halogenated alkanes) is 1. The average Bonchev–Trinajstić information content (AvgIpc) is 3.00. The second-order valence-corrected chi connectivity index (χ2v) is 10.1. The van der Waals surface area contributed by atoms with Crippen LogP contribution in [0.3, 0.4) is 0 Å². The molecule has 0 fully saturated rings. The summed E-state index contributed by atoms with van der Waals surface area (Å²) in [5, 5.41) is 23.3. The molecule has 0 bridgehead atoms. The molecule has 0 aliphatic carbocycles. The van der Waals surface area contributed by atoms with Crippen LogP contribution in [0.15, 0.2) is 35.3 Å². The summed E-state index contributed by atoms with van der Waals surface area (Å²) in [5.41, 5.74) is 8.75. The van der Waals surface area contributed by atoms with Gasteiger partial charge in [0, 0.05) is 17.7 Å². The van der Waals surface area contributed by atoms with Gasteiger partial charge in [0.15, 0.2) is 11.2 Å². The third kappa shape index (κ3) is 9.91. The Morgan fingerprint density at radius 2 is 1.60 bits per heavy atom. The van der Waals surface area contributed by atoms with Crippen molar-refractivity contribution in [2.75, 3.05) is 17.2 Å². The number of hydrogen-bond acceptors (Lipinski definition) is 11. The van der Waals surface area contributed by atoms with Gasteiger partial charge in [-0.1, -0.05) is 0 Å². The molecule has 2 atom stereocenters. The number of carboxylic acids is 2. The second-order valence-electron chi connectivity index (χ2n) is 10.1. The highest BCUT2D eigenvalue weighted by atomic mass is 19.4. The number of anilines is 2. The van der Waals surface area contributed by atoms with Crippen molar-refractivity contribution >= 4 is 52.5 Å². The Kier molecular flexibility index (Phi) is 11.9. The monoisotopic (exact) mass is 665 g/mol. The average molecular weight is 666 g/mol. The molecule has 3 amide bonds. The number of amides is 3. The first kappa shape index (κ1) is 35.8. The normalized spacial score (nSPS) is 12.6. The van der Waals surface area contributed by atoms with Crippen molar-refractivity contribution in [3.63, 3.8) is 0 Å². The summed E-state index contributed by atoms with van der Waals surface area (Å²) in [7, 11) is 0. The lowest BCUT2D eigenvalue weighted by Gasteiger charge is -2.24. The molecule has 0 unspecified atom stereocenters. The number of alkyl halides is 3. The zero-order valence-corrected chi connectivity index (χ0v) is 24.4. The number of benzene rings is 1. The fraction of sp³-hybridized carbons (Fsp3) is 0.370. The van der Waals surface area contributed by atoms with Crippen LogP contribution in [0.5, 0.6) is 0 Å². The lowest BCUT2D eigenvalue weighted by Crippen LogP contribution is -2.44. The van der Waals surface area contributed by atoms with E-state index in [2.05, 4.69) is 30.6 Å². The predicted molar refractivity (Wildman–Crippen MR) is 157 cm³/mol. The molecule has 20 heteroatoms. The van der Waals surface area contributed by atoms with Crippen molar-refractivity contribution in [3.05, 3.63) is 52.1 Å². The Bertz CT molecular complexity index is 1700. The van der Waals surface area contributed by atoms with Gasteiger partial charge >= 0.3 is 24.0 Å². The predicted octanol–water partition coefficient (Wildman–Crippen LogP) is 0.0524. The molecule has 0 saturated carbocycles. The van der Waals surface area contributed by atoms with Gasteiger partial charge < -0.3 is 32.3 Å². The summed E-state index contributed by atoms with van der Waals surface area (Å²) in [5.74, 6) is -7.06. The van der Waals surface area contributed by atoms with Crippen LogP contribution in [-0.2, 0) is 25.7 Å². The number of aliphatic carboxylic acids is 2. The SMILES string of the molecule is NCCCC[C@H](NC(=O)CC[C@@H](NC(=O)c1ccc(N(Cc2cnc3nc(N)[nH]c(=O)c3n2)C(=O)C(F)(F)F)cc1)C(=O)O)C(=O)O. The number of nitrogen functional groups attached to an aromatic ring is 1. The third-order valence-electron chi connectivity index (χ3n) is 6.58. The van der Waals surface area contributed by atoms with E-state index >= 15 is 0 Å². The molecule has 0 radical (unpaired) electrons. The minimum atomic E-state index is -5.33. The first-order valence-electron chi connectivity index (χ1n) is 13.9. The van der Waals surface area contributed by atoms with E-state index in [1.807, 2.05) is 0 Å². The molecule has 0 aliphatic rings. The zero-order chi connectivity index (χ0) is 34.9. The van der Waals surface area contributed by atoms with Gasteiger partial charge in [0.1, 0.15) is 12.1 Å². The maximum Gasteiger partial charge on any atom is 0.471 e. The Morgan fingerprint density at radius 3 is 2.19 bits per heavy atom. The van der Waals surface area contributed by atoms with E-state index in [-0.39, 0.29) is 45.4 Å². The van der Waals surface area contributed by atoms with Crippen LogP contribution < -0.4 is 32.6 Å². The van der Waals surface area contributed by atoms with Gasteiger partial charge in [0.2, 0.25) is 11.9 Å². The van der Waals surface area contributed by atoms with Crippen LogP contribution in [0, 0.1) is 0 Å². The minimum Gasteiger partial charge on any atom is -0.480 e. The molecule has 1 aromatic carbocycles. The first-order valence-corrected chi connectivity index (χ1v) is 13.9. The number of H-pyrrole nitrogens is 1. The maximum atomic E-state index is 13.5. The third-order valence-corrected chi connectivity index (χ3v) is 6.58. The van der Waals surface area contributed by atoms with Crippen LogP contribution in [0.25, 0.3) is 11.2 Å². The van der Waals surface area contributed by atoms with Crippen molar-refractivity contribution in [3.8, 4) is 0 Å². The molecule has 252 valence electrons. The maximum absolute atomic E-state index is 13.5. The molecule has 0 aliphatic heterocycles. The van der Waals surface area contributed by atoms with Gasteiger partial charge in [-0.2, -0.15) is 18.2 Å². The quantitative estimate of drug-likeness (QED) is 0.106. The minimum absolute atomic E-state index is 0.113. The fourth-order valence-electron chi connectivity index (χ4n) is 4.23. The van der Waals surface area contributed by atoms with Crippen LogP contribution in [-0.4, -0.2) is 84.6 Å². The zero-order valence-electron chi connectivity index (χ0n) is 24.4. The molecule has 17 nitrogen and oxygen atoms in total. The number of aromatic nitrogens is 4. The van der Waals surface area contributed by atoms with E-state index in [0.29, 0.717) is 19.4 Å². The van der Waals surface area contributed by atoms with Gasteiger partial charge in [-0.15, -0.1) is 0 Å². The summed E-state index contributed by atoms with van der Waals surface area (Å²) >= 11 is 0. The largest absolute Gasteiger partial charge is 0.480 e. The molecule has 9 N–H and O–H groups in total. The summed E-state index contributed by atoms with van der Waals surface area (Å²) < 4.78 is 40.5. The lowest BCUT2D eigenvalue weighted by molar-refractivity contribution is -0.170. The van der Waals surface area contributed by atoms with E-state index in [4.69, 9.17) is 11.5 Å². The van der Waals surface area contributed by atoms with Gasteiger partial charge in [0.05, 0.1) is 18.4 Å². The second kappa shape index (κ2) is 15.6. The number of hydrogen-bond donors (Lipinski definition) is 7. The fourth-order valence-corrected chi connectivity index (χ4v) is 4.23. The van der Waals surface area contributed by atoms with Crippen LogP contribution in [0.2, 0.25) is 0 Å². The van der Waals surface area contributed by atoms with Gasteiger partial charge in [0.25, 0.3) is 11.5 Å². The molecule has 2 aromatic heterocycles. The number of nitrogens with one attached hydrogen (secondary N) is 3. The van der Waals surface area contributed by atoms with E-state index in [0.717, 1.165) is 30.5 Å². The number of carboxylic acid groups (broad SMARTS) is 2. The molecule has 3 rings (SSSR count). The van der Waals surface area contributed by atoms with Crippen LogP contribution in [0.1, 0.15) is 48.2 Å². The van der Waals surface area contributed by atoms with Gasteiger partial charge in [-0.05, 0) is 56.5 Å². The Morgan fingerprint density at radius 1 is 0.957 bits per heavy atom. The number of carbonyl (C=O) groups excluding carboxylic acids is 3. The van der Waals surface area contributed by atoms with E-state index in [1.165, 1.54) is 0 Å². The van der Waals surface area contributed by atoms with Gasteiger partial charge in [-0.25, -0.2) is 19.6 Å². The summed E-state index contributed by atoms with van der Waals surface area (Å²) in [4.78, 5) is 86.7. The highest BCUT2D eigenvalue weighted by Crippen LogP contribution is 2.26. The van der Waals surface area contributed by atoms with Crippen molar-refractivity contribution in [2.24, 2.45) is 5.73 Å². The number of aromatic amines is 1. The molecule has 2 heterocycles. The molecule has 0 saturated heterocycles. The van der Waals surface area contributed by atoms with Crippen molar-refractivity contribution in [1.82, 2.24) is 30.6 Å². The molecule has 0 spiro atoms. The van der Waals surface area contributed by atoms with E-state index in [9.17, 15) is 52.2 Å². The first-order chi connectivity index (χ1) is 22.1. The number of carbonyl (C=O) groups is 5. The van der Waals surface area contributed by atoms with Crippen molar-refractivity contribution < 1.29 is 47.4 Å². The topological polar surface area (TPSA) is 277 Å². The number of nitrogens with two attached hydrogens (primary N) is 2. The molecule has 3 aromatic rings. The summed E-state index contributed by atoms with van der Waals surface area (Å²) in [6.07, 6.45) is -4.09. The standard InChI is InChI=1S/C27H30F3N9O8/c28-27(29,30)25(47)39(12-14-11-33-20-19(34-14)22(42)38-26(32)37-20)15-6-4-13(5-7-15)21(41)36-17(24(45)46)8-9-18(40)35-16(23(43)44)3-1-2-10-31/h4-7,11,16-17H,1-3,8-10,12,31H2,(H,35,40)(H,36,41)(H,43,44)(H,45,46)(H3,32,33,37,38,42)/t16-,17+/m0/s1. The Labute approximate surface area is 262 Å². The molecular formula is C27H30F3N9O8. The van der Waals surface area contributed by atoms with Crippen LogP contribution in [0.4, 0.5) is 24.8 Å².